The minimum Gasteiger partial charge on any atom is -0.494 e. The summed E-state index contributed by atoms with van der Waals surface area (Å²) in [6.07, 6.45) is 1.01. The maximum absolute atomic E-state index is 5.32. The third kappa shape index (κ3) is 2.16. The Morgan fingerprint density at radius 1 is 1.19 bits per heavy atom. The van der Waals surface area contributed by atoms with Crippen LogP contribution in [0.15, 0.2) is 30.3 Å². The van der Waals surface area contributed by atoms with Gasteiger partial charge >= 0.3 is 0 Å². The topological polar surface area (TPSA) is 22.1 Å². The molecule has 2 rings (SSSR count). The van der Waals surface area contributed by atoms with E-state index in [1.807, 2.05) is 12.1 Å². The number of fused-ring (bicyclic) bond motifs is 1. The van der Waals surface area contributed by atoms with Gasteiger partial charge in [-0.1, -0.05) is 32.0 Å². The molecule has 84 valence electrons. The minimum absolute atomic E-state index is 0.625. The molecule has 0 saturated carbocycles. The highest BCUT2D eigenvalue weighted by Crippen LogP contribution is 2.24. The van der Waals surface area contributed by atoms with Gasteiger partial charge in [0.15, 0.2) is 0 Å². The van der Waals surface area contributed by atoms with Gasteiger partial charge in [-0.05, 0) is 24.5 Å². The Hall–Kier alpha value is -1.57. The highest BCUT2D eigenvalue weighted by molar-refractivity contribution is 5.84. The van der Waals surface area contributed by atoms with Crippen LogP contribution in [0, 0.1) is 5.92 Å². The highest BCUT2D eigenvalue weighted by Gasteiger charge is 2.05. The normalized spacial score (nSPS) is 11.0. The molecule has 2 nitrogen and oxygen atoms in total. The van der Waals surface area contributed by atoms with E-state index in [0.717, 1.165) is 28.8 Å². The number of methoxy groups -OCH3 is 1. The molecule has 0 radical (unpaired) electrons. The zero-order chi connectivity index (χ0) is 11.5. The number of ether oxygens (including phenoxy) is 1. The third-order valence-electron chi connectivity index (χ3n) is 2.58. The third-order valence-corrected chi connectivity index (χ3v) is 2.58. The largest absolute Gasteiger partial charge is 0.494 e. The van der Waals surface area contributed by atoms with Gasteiger partial charge in [0.2, 0.25) is 0 Å². The highest BCUT2D eigenvalue weighted by atomic mass is 16.5. The number of benzene rings is 1. The summed E-state index contributed by atoms with van der Waals surface area (Å²) in [4.78, 5) is 4.66. The lowest BCUT2D eigenvalue weighted by Gasteiger charge is -2.08. The van der Waals surface area contributed by atoms with Crippen molar-refractivity contribution in [3.8, 4) is 5.75 Å². The maximum Gasteiger partial charge on any atom is 0.145 e. The molecule has 0 aliphatic heterocycles. The molecule has 0 spiro atoms. The summed E-state index contributed by atoms with van der Waals surface area (Å²) in [7, 11) is 1.69. The second-order valence-corrected chi connectivity index (χ2v) is 4.43. The molecular weight excluding hydrogens is 198 g/mol. The zero-order valence-electron chi connectivity index (χ0n) is 10.0. The van der Waals surface area contributed by atoms with Gasteiger partial charge in [-0.15, -0.1) is 0 Å². The standard InChI is InChI=1S/C14H17NO/c1-10(2)9-12-8-7-11-5-4-6-13(16-3)14(11)15-12/h4-8,10H,9H2,1-3H3. The van der Waals surface area contributed by atoms with Crippen LogP contribution in [-0.2, 0) is 6.42 Å². The fourth-order valence-electron chi connectivity index (χ4n) is 1.86. The maximum atomic E-state index is 5.32. The van der Waals surface area contributed by atoms with Crippen LogP contribution < -0.4 is 4.74 Å². The summed E-state index contributed by atoms with van der Waals surface area (Å²) >= 11 is 0. The molecule has 0 N–H and O–H groups in total. The number of aromatic nitrogens is 1. The van der Waals surface area contributed by atoms with E-state index in [0.29, 0.717) is 5.92 Å². The summed E-state index contributed by atoms with van der Waals surface area (Å²) in [5.41, 5.74) is 2.09. The fraction of sp³-hybridized carbons (Fsp3) is 0.357. The summed E-state index contributed by atoms with van der Waals surface area (Å²) in [5.74, 6) is 1.47. The van der Waals surface area contributed by atoms with Gasteiger partial charge in [0, 0.05) is 11.1 Å². The average Bonchev–Trinajstić information content (AvgIpc) is 2.27. The fourth-order valence-corrected chi connectivity index (χ4v) is 1.86. The van der Waals surface area contributed by atoms with Gasteiger partial charge in [-0.25, -0.2) is 4.98 Å². The van der Waals surface area contributed by atoms with Crippen molar-refractivity contribution in [3.63, 3.8) is 0 Å². The molecule has 2 aromatic rings. The van der Waals surface area contributed by atoms with Crippen molar-refractivity contribution in [2.24, 2.45) is 5.92 Å². The first-order valence-electron chi connectivity index (χ1n) is 5.63. The van der Waals surface area contributed by atoms with Crippen molar-refractivity contribution >= 4 is 10.9 Å². The molecule has 0 aliphatic carbocycles. The first-order chi connectivity index (χ1) is 7.70. The molecule has 0 saturated heterocycles. The predicted octanol–water partition coefficient (Wildman–Crippen LogP) is 3.44. The van der Waals surface area contributed by atoms with E-state index in [1.165, 1.54) is 0 Å². The molecule has 1 aromatic carbocycles. The van der Waals surface area contributed by atoms with Crippen LogP contribution in [0.1, 0.15) is 19.5 Å². The van der Waals surface area contributed by atoms with Crippen molar-refractivity contribution in [1.82, 2.24) is 4.98 Å². The molecule has 0 bridgehead atoms. The summed E-state index contributed by atoms with van der Waals surface area (Å²) in [5, 5.41) is 1.13. The molecule has 1 heterocycles. The number of pyridine rings is 1. The smallest absolute Gasteiger partial charge is 0.145 e. The van der Waals surface area contributed by atoms with Gasteiger partial charge < -0.3 is 4.74 Å². The minimum atomic E-state index is 0.625. The molecule has 0 aliphatic rings. The van der Waals surface area contributed by atoms with E-state index in [9.17, 15) is 0 Å². The van der Waals surface area contributed by atoms with Crippen molar-refractivity contribution < 1.29 is 4.74 Å². The number of rotatable bonds is 3. The van der Waals surface area contributed by atoms with E-state index in [2.05, 4.69) is 37.0 Å². The first kappa shape index (κ1) is 10.9. The molecule has 2 heteroatoms. The SMILES string of the molecule is COc1cccc2ccc(CC(C)C)nc12. The quantitative estimate of drug-likeness (QED) is 0.782. The molecule has 0 atom stereocenters. The zero-order valence-corrected chi connectivity index (χ0v) is 10.0. The molecule has 16 heavy (non-hydrogen) atoms. The molecule has 0 amide bonds. The first-order valence-corrected chi connectivity index (χ1v) is 5.63. The lowest BCUT2D eigenvalue weighted by atomic mass is 10.1. The van der Waals surface area contributed by atoms with Crippen LogP contribution in [-0.4, -0.2) is 12.1 Å². The second-order valence-electron chi connectivity index (χ2n) is 4.43. The average molecular weight is 215 g/mol. The van der Waals surface area contributed by atoms with Crippen molar-refractivity contribution in [3.05, 3.63) is 36.0 Å². The van der Waals surface area contributed by atoms with Crippen LogP contribution in [0.5, 0.6) is 5.75 Å². The Kier molecular flexibility index (Phi) is 3.09. The van der Waals surface area contributed by atoms with Crippen molar-refractivity contribution in [1.29, 1.82) is 0 Å². The lowest BCUT2D eigenvalue weighted by Crippen LogP contribution is -1.98. The van der Waals surface area contributed by atoms with Crippen LogP contribution in [0.25, 0.3) is 10.9 Å². The summed E-state index contributed by atoms with van der Waals surface area (Å²) in [6, 6.07) is 10.2. The summed E-state index contributed by atoms with van der Waals surface area (Å²) < 4.78 is 5.32. The van der Waals surface area contributed by atoms with E-state index >= 15 is 0 Å². The van der Waals surface area contributed by atoms with Crippen LogP contribution >= 0.6 is 0 Å². The molecule has 0 unspecified atom stereocenters. The number of nitrogens with zero attached hydrogens (tertiary/aromatic N) is 1. The van der Waals surface area contributed by atoms with Crippen LogP contribution in [0.4, 0.5) is 0 Å². The summed E-state index contributed by atoms with van der Waals surface area (Å²) in [6.45, 7) is 4.40. The van der Waals surface area contributed by atoms with Crippen molar-refractivity contribution in [2.75, 3.05) is 7.11 Å². The van der Waals surface area contributed by atoms with Crippen LogP contribution in [0.3, 0.4) is 0 Å². The number of hydrogen-bond acceptors (Lipinski definition) is 2. The second kappa shape index (κ2) is 4.52. The van der Waals surface area contributed by atoms with Gasteiger partial charge in [0.25, 0.3) is 0 Å². The molecule has 1 aromatic heterocycles. The molecular formula is C14H17NO. The number of para-hydroxylation sites is 1. The Morgan fingerprint density at radius 3 is 2.69 bits per heavy atom. The van der Waals surface area contributed by atoms with Crippen molar-refractivity contribution in [2.45, 2.75) is 20.3 Å². The Morgan fingerprint density at radius 2 is 2.00 bits per heavy atom. The van der Waals surface area contributed by atoms with E-state index in [4.69, 9.17) is 4.74 Å². The lowest BCUT2D eigenvalue weighted by molar-refractivity contribution is 0.418. The van der Waals surface area contributed by atoms with Gasteiger partial charge in [0.1, 0.15) is 11.3 Å². The van der Waals surface area contributed by atoms with Gasteiger partial charge in [0.05, 0.1) is 7.11 Å². The number of hydrogen-bond donors (Lipinski definition) is 0. The monoisotopic (exact) mass is 215 g/mol. The van der Waals surface area contributed by atoms with E-state index in [-0.39, 0.29) is 0 Å². The van der Waals surface area contributed by atoms with E-state index in [1.54, 1.807) is 7.11 Å². The Bertz CT molecular complexity index is 491. The van der Waals surface area contributed by atoms with Gasteiger partial charge in [-0.2, -0.15) is 0 Å². The van der Waals surface area contributed by atoms with Crippen LogP contribution in [0.2, 0.25) is 0 Å². The Balaban J connectivity index is 2.50. The van der Waals surface area contributed by atoms with E-state index < -0.39 is 0 Å². The van der Waals surface area contributed by atoms with Gasteiger partial charge in [-0.3, -0.25) is 0 Å². The Labute approximate surface area is 96.3 Å². The predicted molar refractivity (Wildman–Crippen MR) is 66.8 cm³/mol. The molecule has 0 fully saturated rings.